The van der Waals surface area contributed by atoms with Crippen molar-refractivity contribution in [2.24, 2.45) is 0 Å². The number of esters is 1. The third-order valence-corrected chi connectivity index (χ3v) is 5.04. The van der Waals surface area contributed by atoms with Gasteiger partial charge >= 0.3 is 17.8 Å². The first-order valence-electron chi connectivity index (χ1n) is 7.26. The molecule has 0 saturated heterocycles. The highest BCUT2D eigenvalue weighted by Gasteiger charge is 2.32. The van der Waals surface area contributed by atoms with Crippen LogP contribution in [0.15, 0.2) is 5.38 Å². The summed E-state index contributed by atoms with van der Waals surface area (Å²) in [6.45, 7) is 6.68. The van der Waals surface area contributed by atoms with Gasteiger partial charge in [0.15, 0.2) is 5.13 Å². The van der Waals surface area contributed by atoms with Gasteiger partial charge in [-0.3, -0.25) is 14.9 Å². The van der Waals surface area contributed by atoms with Crippen LogP contribution in [0.5, 0.6) is 0 Å². The Hall–Kier alpha value is -2.33. The van der Waals surface area contributed by atoms with Crippen molar-refractivity contribution in [1.82, 2.24) is 15.3 Å². The van der Waals surface area contributed by atoms with Crippen LogP contribution in [0, 0.1) is 13.8 Å². The quantitative estimate of drug-likeness (QED) is 0.617. The molecule has 2 N–H and O–H groups in total. The lowest BCUT2D eigenvalue weighted by Crippen LogP contribution is -2.53. The molecule has 2 aromatic rings. The average molecular weight is 382 g/mol. The van der Waals surface area contributed by atoms with Gasteiger partial charge in [0, 0.05) is 5.38 Å². The highest BCUT2D eigenvalue weighted by atomic mass is 32.1. The van der Waals surface area contributed by atoms with Gasteiger partial charge in [-0.1, -0.05) is 0 Å². The van der Waals surface area contributed by atoms with Crippen molar-refractivity contribution in [2.75, 3.05) is 12.4 Å². The van der Waals surface area contributed by atoms with Crippen LogP contribution in [0.25, 0.3) is 10.6 Å². The lowest BCUT2D eigenvalue weighted by Gasteiger charge is -2.22. The Morgan fingerprint density at radius 2 is 1.84 bits per heavy atom. The number of hydrogen-bond donors (Lipinski definition) is 2. The first-order valence-corrected chi connectivity index (χ1v) is 8.95. The number of amides is 2. The number of nitrogens with zero attached hydrogens (tertiary/aromatic N) is 2. The van der Waals surface area contributed by atoms with E-state index in [1.54, 1.807) is 5.38 Å². The number of ether oxygens (including phenoxy) is 1. The molecule has 25 heavy (non-hydrogen) atoms. The minimum Gasteiger partial charge on any atom is -0.467 e. The first-order chi connectivity index (χ1) is 11.6. The SMILES string of the molecule is COC(=O)C(C)(C)NC(=O)C(=O)Nc1nc(-c2sc(C)nc2C)cs1. The van der Waals surface area contributed by atoms with Crippen LogP contribution in [0.1, 0.15) is 24.5 Å². The van der Waals surface area contributed by atoms with E-state index in [1.165, 1.54) is 43.6 Å². The van der Waals surface area contributed by atoms with E-state index in [2.05, 4.69) is 25.3 Å². The molecule has 2 amide bonds. The second-order valence-corrected chi connectivity index (χ2v) is 7.77. The molecular weight excluding hydrogens is 364 g/mol. The number of aryl methyl sites for hydroxylation is 2. The standard InChI is InChI=1S/C15H18N4O4S2/c1-7-10(25-8(2)16-7)9-6-24-14(17-9)18-11(20)12(21)19-15(3,4)13(22)23-5/h6H,1-5H3,(H,19,21)(H,17,18,20). The number of nitrogens with one attached hydrogen (secondary N) is 2. The van der Waals surface area contributed by atoms with Crippen molar-refractivity contribution in [3.8, 4) is 10.6 Å². The third kappa shape index (κ3) is 4.40. The molecule has 0 atom stereocenters. The largest absolute Gasteiger partial charge is 0.467 e. The van der Waals surface area contributed by atoms with Crippen LogP contribution in [0.2, 0.25) is 0 Å². The van der Waals surface area contributed by atoms with Gasteiger partial charge in [-0.05, 0) is 27.7 Å². The summed E-state index contributed by atoms with van der Waals surface area (Å²) in [6.07, 6.45) is 0. The van der Waals surface area contributed by atoms with E-state index >= 15 is 0 Å². The van der Waals surface area contributed by atoms with Crippen LogP contribution in [-0.2, 0) is 19.1 Å². The van der Waals surface area contributed by atoms with E-state index in [1.807, 2.05) is 13.8 Å². The molecule has 0 saturated carbocycles. The van der Waals surface area contributed by atoms with Crippen molar-refractivity contribution >= 4 is 45.6 Å². The fourth-order valence-electron chi connectivity index (χ4n) is 2.01. The fourth-order valence-corrected chi connectivity index (χ4v) is 3.66. The van der Waals surface area contributed by atoms with Gasteiger partial charge in [-0.15, -0.1) is 22.7 Å². The normalized spacial score (nSPS) is 11.1. The molecule has 0 fully saturated rings. The van der Waals surface area contributed by atoms with Gasteiger partial charge < -0.3 is 10.1 Å². The smallest absolute Gasteiger partial charge is 0.330 e. The number of thiazole rings is 2. The van der Waals surface area contributed by atoms with E-state index in [-0.39, 0.29) is 5.13 Å². The van der Waals surface area contributed by atoms with E-state index in [0.29, 0.717) is 5.69 Å². The predicted octanol–water partition coefficient (Wildman–Crippen LogP) is 1.89. The summed E-state index contributed by atoms with van der Waals surface area (Å²) in [5.41, 5.74) is 0.246. The number of hydrogen-bond acceptors (Lipinski definition) is 8. The van der Waals surface area contributed by atoms with Gasteiger partial charge in [0.05, 0.1) is 28.4 Å². The zero-order valence-electron chi connectivity index (χ0n) is 14.4. The zero-order chi connectivity index (χ0) is 18.8. The summed E-state index contributed by atoms with van der Waals surface area (Å²) in [5, 5.41) is 7.75. The summed E-state index contributed by atoms with van der Waals surface area (Å²) in [6, 6.07) is 0. The van der Waals surface area contributed by atoms with E-state index in [9.17, 15) is 14.4 Å². The molecule has 0 unspecified atom stereocenters. The summed E-state index contributed by atoms with van der Waals surface area (Å²) >= 11 is 2.71. The molecule has 2 heterocycles. The lowest BCUT2D eigenvalue weighted by atomic mass is 10.1. The van der Waals surface area contributed by atoms with Gasteiger partial charge in [0.25, 0.3) is 0 Å². The van der Waals surface area contributed by atoms with E-state index in [4.69, 9.17) is 0 Å². The van der Waals surface area contributed by atoms with Gasteiger partial charge in [-0.25, -0.2) is 14.8 Å². The molecule has 0 bridgehead atoms. The summed E-state index contributed by atoms with van der Waals surface area (Å²) in [5.74, 6) is -2.51. The Balaban J connectivity index is 2.05. The molecule has 0 aliphatic carbocycles. The third-order valence-electron chi connectivity index (χ3n) is 3.19. The molecule has 134 valence electrons. The number of aromatic nitrogens is 2. The molecular formula is C15H18N4O4S2. The Kier molecular flexibility index (Phi) is 5.53. The number of carbonyl (C=O) groups is 3. The highest BCUT2D eigenvalue weighted by Crippen LogP contribution is 2.31. The molecule has 10 heteroatoms. The van der Waals surface area contributed by atoms with Crippen molar-refractivity contribution in [2.45, 2.75) is 33.2 Å². The lowest BCUT2D eigenvalue weighted by molar-refractivity contribution is -0.150. The van der Waals surface area contributed by atoms with Crippen LogP contribution < -0.4 is 10.6 Å². The Bertz CT molecular complexity index is 825. The Morgan fingerprint density at radius 1 is 1.16 bits per heavy atom. The number of anilines is 1. The maximum atomic E-state index is 12.0. The maximum absolute atomic E-state index is 12.0. The summed E-state index contributed by atoms with van der Waals surface area (Å²) in [7, 11) is 1.20. The molecule has 0 aliphatic heterocycles. The van der Waals surface area contributed by atoms with Gasteiger partial charge in [0.1, 0.15) is 5.54 Å². The molecule has 2 aromatic heterocycles. The van der Waals surface area contributed by atoms with Gasteiger partial charge in [0.2, 0.25) is 0 Å². The Morgan fingerprint density at radius 3 is 2.40 bits per heavy atom. The predicted molar refractivity (Wildman–Crippen MR) is 95.6 cm³/mol. The van der Waals surface area contributed by atoms with E-state index in [0.717, 1.165) is 15.6 Å². The van der Waals surface area contributed by atoms with Crippen molar-refractivity contribution < 1.29 is 19.1 Å². The van der Waals surface area contributed by atoms with Crippen molar-refractivity contribution in [3.05, 3.63) is 16.1 Å². The number of methoxy groups -OCH3 is 1. The molecule has 0 aliphatic rings. The van der Waals surface area contributed by atoms with Crippen LogP contribution in [0.3, 0.4) is 0 Å². The van der Waals surface area contributed by atoms with Crippen molar-refractivity contribution in [1.29, 1.82) is 0 Å². The molecule has 2 rings (SSSR count). The highest BCUT2D eigenvalue weighted by molar-refractivity contribution is 7.17. The minimum atomic E-state index is -1.31. The monoisotopic (exact) mass is 382 g/mol. The minimum absolute atomic E-state index is 0.288. The van der Waals surface area contributed by atoms with Crippen LogP contribution in [0.4, 0.5) is 5.13 Å². The van der Waals surface area contributed by atoms with E-state index < -0.39 is 23.3 Å². The van der Waals surface area contributed by atoms with Crippen LogP contribution >= 0.6 is 22.7 Å². The second-order valence-electron chi connectivity index (χ2n) is 5.71. The summed E-state index contributed by atoms with van der Waals surface area (Å²) in [4.78, 5) is 45.1. The molecule has 0 radical (unpaired) electrons. The fraction of sp³-hybridized carbons (Fsp3) is 0.400. The average Bonchev–Trinajstić information content (AvgIpc) is 3.11. The zero-order valence-corrected chi connectivity index (χ0v) is 16.1. The maximum Gasteiger partial charge on any atom is 0.330 e. The number of carbonyl (C=O) groups excluding carboxylic acids is 3. The molecule has 8 nitrogen and oxygen atoms in total. The molecule has 0 aromatic carbocycles. The first kappa shape index (κ1) is 19.0. The topological polar surface area (TPSA) is 110 Å². The Labute approximate surface area is 152 Å². The molecule has 0 spiro atoms. The second kappa shape index (κ2) is 7.28. The van der Waals surface area contributed by atoms with Gasteiger partial charge in [-0.2, -0.15) is 0 Å². The number of rotatable bonds is 4. The van der Waals surface area contributed by atoms with Crippen molar-refractivity contribution in [3.63, 3.8) is 0 Å². The van der Waals surface area contributed by atoms with Crippen LogP contribution in [-0.4, -0.2) is 40.4 Å². The summed E-state index contributed by atoms with van der Waals surface area (Å²) < 4.78 is 4.58.